The average molecular weight is 326 g/mol. The Morgan fingerprint density at radius 3 is 2.25 bits per heavy atom. The van der Waals surface area contributed by atoms with Crippen molar-refractivity contribution < 1.29 is 24.1 Å². The van der Waals surface area contributed by atoms with Crippen LogP contribution in [0.2, 0.25) is 0 Å². The number of phenols is 1. The van der Waals surface area contributed by atoms with Gasteiger partial charge in [0.25, 0.3) is 0 Å². The van der Waals surface area contributed by atoms with Crippen molar-refractivity contribution in [3.05, 3.63) is 52.6 Å². The van der Waals surface area contributed by atoms with E-state index in [2.05, 4.69) is 0 Å². The number of hydrogen-bond donors (Lipinski definition) is 1. The molecule has 0 amide bonds. The predicted molar refractivity (Wildman–Crippen MR) is 90.2 cm³/mol. The van der Waals surface area contributed by atoms with Gasteiger partial charge in [0.1, 0.15) is 23.0 Å². The SMILES string of the molecule is COc1cc(OC)c(/C=C2\Cc3ccc(O)cc3C2=O)c(OC)c1. The quantitative estimate of drug-likeness (QED) is 0.874. The number of phenolic OH excluding ortho intramolecular Hbond substituents is 1. The number of ketones is 1. The van der Waals surface area contributed by atoms with Crippen LogP contribution in [-0.4, -0.2) is 32.2 Å². The molecule has 0 heterocycles. The summed E-state index contributed by atoms with van der Waals surface area (Å²) in [6.07, 6.45) is 2.28. The number of allylic oxidation sites excluding steroid dienone is 1. The second kappa shape index (κ2) is 6.28. The minimum atomic E-state index is -0.0965. The molecule has 0 atom stereocenters. The second-order valence-corrected chi connectivity index (χ2v) is 5.46. The summed E-state index contributed by atoms with van der Waals surface area (Å²) in [7, 11) is 4.68. The van der Waals surface area contributed by atoms with E-state index in [9.17, 15) is 9.90 Å². The van der Waals surface area contributed by atoms with E-state index in [1.165, 1.54) is 6.07 Å². The molecule has 5 heteroatoms. The molecule has 1 aliphatic rings. The Labute approximate surface area is 140 Å². The minimum absolute atomic E-state index is 0.0861. The normalized spacial score (nSPS) is 14.6. The molecule has 0 aromatic heterocycles. The second-order valence-electron chi connectivity index (χ2n) is 5.46. The molecule has 1 N–H and O–H groups in total. The van der Waals surface area contributed by atoms with Crippen molar-refractivity contribution >= 4 is 11.9 Å². The molecule has 0 fully saturated rings. The molecule has 0 aliphatic heterocycles. The van der Waals surface area contributed by atoms with Gasteiger partial charge in [0, 0.05) is 29.7 Å². The summed E-state index contributed by atoms with van der Waals surface area (Å²) in [6, 6.07) is 8.34. The van der Waals surface area contributed by atoms with Crippen LogP contribution in [0, 0.1) is 0 Å². The zero-order chi connectivity index (χ0) is 17.3. The van der Waals surface area contributed by atoms with E-state index in [-0.39, 0.29) is 11.5 Å². The molecule has 0 spiro atoms. The summed E-state index contributed by atoms with van der Waals surface area (Å²) in [5, 5.41) is 9.59. The van der Waals surface area contributed by atoms with Gasteiger partial charge >= 0.3 is 0 Å². The predicted octanol–water partition coefficient (Wildman–Crippen LogP) is 3.24. The Kier molecular flexibility index (Phi) is 4.16. The van der Waals surface area contributed by atoms with Crippen molar-refractivity contribution in [2.24, 2.45) is 0 Å². The largest absolute Gasteiger partial charge is 0.508 e. The third-order valence-corrected chi connectivity index (χ3v) is 4.08. The van der Waals surface area contributed by atoms with E-state index in [0.717, 1.165) is 5.56 Å². The Morgan fingerprint density at radius 2 is 1.67 bits per heavy atom. The van der Waals surface area contributed by atoms with Gasteiger partial charge < -0.3 is 19.3 Å². The number of carbonyl (C=O) groups excluding carboxylic acids is 1. The summed E-state index contributed by atoms with van der Waals surface area (Å²) in [6.45, 7) is 0. The van der Waals surface area contributed by atoms with E-state index in [0.29, 0.717) is 40.4 Å². The number of carbonyl (C=O) groups is 1. The van der Waals surface area contributed by atoms with Crippen LogP contribution in [0.25, 0.3) is 6.08 Å². The van der Waals surface area contributed by atoms with Crippen molar-refractivity contribution in [3.63, 3.8) is 0 Å². The van der Waals surface area contributed by atoms with E-state index in [1.54, 1.807) is 51.7 Å². The maximum atomic E-state index is 12.6. The third kappa shape index (κ3) is 2.69. The molecule has 0 saturated heterocycles. The number of ether oxygens (including phenoxy) is 3. The van der Waals surface area contributed by atoms with E-state index in [4.69, 9.17) is 14.2 Å². The van der Waals surface area contributed by atoms with E-state index >= 15 is 0 Å². The lowest BCUT2D eigenvalue weighted by Gasteiger charge is -2.13. The fourth-order valence-electron chi connectivity index (χ4n) is 2.85. The maximum absolute atomic E-state index is 12.6. The van der Waals surface area contributed by atoms with Gasteiger partial charge in [-0.05, 0) is 23.8 Å². The standard InChI is InChI=1S/C19H18O5/c1-22-14-9-17(23-2)16(18(10-14)24-3)7-12-6-11-4-5-13(20)8-15(11)19(12)21/h4-5,7-10,20H,6H2,1-3H3/b12-7+. The van der Waals surface area contributed by atoms with Gasteiger partial charge in [-0.25, -0.2) is 0 Å². The van der Waals surface area contributed by atoms with Crippen LogP contribution in [0.15, 0.2) is 35.9 Å². The van der Waals surface area contributed by atoms with Crippen LogP contribution < -0.4 is 14.2 Å². The van der Waals surface area contributed by atoms with Crippen LogP contribution in [0.1, 0.15) is 21.5 Å². The third-order valence-electron chi connectivity index (χ3n) is 4.08. The van der Waals surface area contributed by atoms with Gasteiger partial charge in [-0.2, -0.15) is 0 Å². The Morgan fingerprint density at radius 1 is 1.00 bits per heavy atom. The van der Waals surface area contributed by atoms with Gasteiger partial charge in [0.15, 0.2) is 5.78 Å². The average Bonchev–Trinajstić information content (AvgIpc) is 2.90. The first-order valence-corrected chi connectivity index (χ1v) is 7.44. The highest BCUT2D eigenvalue weighted by Crippen LogP contribution is 2.38. The number of fused-ring (bicyclic) bond motifs is 1. The number of rotatable bonds is 4. The summed E-state index contributed by atoms with van der Waals surface area (Å²) in [4.78, 5) is 12.6. The van der Waals surface area contributed by atoms with Gasteiger partial charge in [-0.1, -0.05) is 6.07 Å². The number of methoxy groups -OCH3 is 3. The lowest BCUT2D eigenvalue weighted by Crippen LogP contribution is -1.98. The van der Waals surface area contributed by atoms with Crippen molar-refractivity contribution in [2.75, 3.05) is 21.3 Å². The van der Waals surface area contributed by atoms with Gasteiger partial charge in [-0.3, -0.25) is 4.79 Å². The Bertz CT molecular complexity index is 811. The smallest absolute Gasteiger partial charge is 0.189 e. The fourth-order valence-corrected chi connectivity index (χ4v) is 2.85. The highest BCUT2D eigenvalue weighted by Gasteiger charge is 2.26. The van der Waals surface area contributed by atoms with Crippen molar-refractivity contribution in [1.29, 1.82) is 0 Å². The molecule has 2 aromatic rings. The molecule has 5 nitrogen and oxygen atoms in total. The molecule has 0 unspecified atom stereocenters. The topological polar surface area (TPSA) is 65.0 Å². The molecule has 0 saturated carbocycles. The van der Waals surface area contributed by atoms with Crippen molar-refractivity contribution in [2.45, 2.75) is 6.42 Å². The molecule has 24 heavy (non-hydrogen) atoms. The van der Waals surface area contributed by atoms with E-state index < -0.39 is 0 Å². The number of Topliss-reactive ketones (excluding diaryl/α,β-unsaturated/α-hetero) is 1. The first-order valence-electron chi connectivity index (χ1n) is 7.44. The van der Waals surface area contributed by atoms with Crippen LogP contribution in [-0.2, 0) is 6.42 Å². The summed E-state index contributed by atoms with van der Waals surface area (Å²) in [5.74, 6) is 1.72. The first kappa shape index (κ1) is 15.9. The lowest BCUT2D eigenvalue weighted by molar-refractivity contribution is 0.104. The molecular weight excluding hydrogens is 308 g/mol. The molecular formula is C19H18O5. The number of benzene rings is 2. The van der Waals surface area contributed by atoms with Crippen molar-refractivity contribution in [3.8, 4) is 23.0 Å². The van der Waals surface area contributed by atoms with Crippen LogP contribution in [0.3, 0.4) is 0 Å². The Hall–Kier alpha value is -2.95. The Balaban J connectivity index is 2.08. The zero-order valence-electron chi connectivity index (χ0n) is 13.8. The zero-order valence-corrected chi connectivity index (χ0v) is 13.8. The molecule has 0 bridgehead atoms. The number of aromatic hydroxyl groups is 1. The molecule has 2 aromatic carbocycles. The van der Waals surface area contributed by atoms with Crippen LogP contribution >= 0.6 is 0 Å². The monoisotopic (exact) mass is 326 g/mol. The minimum Gasteiger partial charge on any atom is -0.508 e. The summed E-state index contributed by atoms with van der Waals surface area (Å²) < 4.78 is 16.1. The number of hydrogen-bond acceptors (Lipinski definition) is 5. The fraction of sp³-hybridized carbons (Fsp3) is 0.211. The van der Waals surface area contributed by atoms with Crippen LogP contribution in [0.5, 0.6) is 23.0 Å². The van der Waals surface area contributed by atoms with Gasteiger partial charge in [-0.15, -0.1) is 0 Å². The molecule has 1 aliphatic carbocycles. The summed E-state index contributed by atoms with van der Waals surface area (Å²) in [5.41, 5.74) is 2.74. The maximum Gasteiger partial charge on any atom is 0.189 e. The highest BCUT2D eigenvalue weighted by atomic mass is 16.5. The van der Waals surface area contributed by atoms with E-state index in [1.807, 2.05) is 0 Å². The molecule has 0 radical (unpaired) electrons. The first-order chi connectivity index (χ1) is 11.6. The van der Waals surface area contributed by atoms with Gasteiger partial charge in [0.05, 0.1) is 26.9 Å². The molecule has 3 rings (SSSR count). The van der Waals surface area contributed by atoms with Crippen molar-refractivity contribution in [1.82, 2.24) is 0 Å². The van der Waals surface area contributed by atoms with Crippen LogP contribution in [0.4, 0.5) is 0 Å². The van der Waals surface area contributed by atoms with Gasteiger partial charge in [0.2, 0.25) is 0 Å². The lowest BCUT2D eigenvalue weighted by atomic mass is 10.1. The molecule has 124 valence electrons. The summed E-state index contributed by atoms with van der Waals surface area (Å²) >= 11 is 0. The highest BCUT2D eigenvalue weighted by molar-refractivity contribution is 6.16.